The van der Waals surface area contributed by atoms with E-state index in [0.29, 0.717) is 5.95 Å². The molecule has 0 saturated carbocycles. The van der Waals surface area contributed by atoms with Crippen LogP contribution in [0.4, 0.5) is 17.1 Å². The summed E-state index contributed by atoms with van der Waals surface area (Å²) in [5, 5.41) is 4.72. The summed E-state index contributed by atoms with van der Waals surface area (Å²) in [5.41, 5.74) is 12.0. The molecule has 0 amide bonds. The van der Waals surface area contributed by atoms with E-state index in [-0.39, 0.29) is 0 Å². The Morgan fingerprint density at radius 3 is 2.04 bits per heavy atom. The van der Waals surface area contributed by atoms with Gasteiger partial charge in [-0.1, -0.05) is 103 Å². The SMILES string of the molecule is c1ccc(-c2ccnc(-n3c4ccccc4c4c5c(ccc43)-c3ccc(-c4ccccn4)c4cccc(c34)N5c3ccccc3)n2)cc1. The van der Waals surface area contributed by atoms with Crippen molar-refractivity contribution < 1.29 is 0 Å². The maximum absolute atomic E-state index is 5.11. The van der Waals surface area contributed by atoms with E-state index in [1.165, 1.54) is 21.9 Å². The van der Waals surface area contributed by atoms with Gasteiger partial charge in [0.25, 0.3) is 0 Å². The summed E-state index contributed by atoms with van der Waals surface area (Å²) in [4.78, 5) is 17.1. The predicted octanol–water partition coefficient (Wildman–Crippen LogP) is 10.9. The van der Waals surface area contributed by atoms with Gasteiger partial charge in [-0.25, -0.2) is 9.97 Å². The van der Waals surface area contributed by atoms with Gasteiger partial charge in [0.05, 0.1) is 33.8 Å². The first kappa shape index (κ1) is 26.6. The Hall–Kier alpha value is -6.59. The smallest absolute Gasteiger partial charge is 0.235 e. The third-order valence-electron chi connectivity index (χ3n) is 9.45. The van der Waals surface area contributed by atoms with Crippen LogP contribution in [0.3, 0.4) is 0 Å². The summed E-state index contributed by atoms with van der Waals surface area (Å²) >= 11 is 0. The molecule has 0 unspecified atom stereocenters. The molecule has 48 heavy (non-hydrogen) atoms. The second-order valence-electron chi connectivity index (χ2n) is 12.1. The van der Waals surface area contributed by atoms with Crippen molar-refractivity contribution in [1.29, 1.82) is 0 Å². The number of hydrogen-bond acceptors (Lipinski definition) is 4. The molecule has 0 fully saturated rings. The summed E-state index contributed by atoms with van der Waals surface area (Å²) in [6.45, 7) is 0. The van der Waals surface area contributed by atoms with Gasteiger partial charge in [-0.05, 0) is 59.5 Å². The molecule has 4 heterocycles. The van der Waals surface area contributed by atoms with Gasteiger partial charge >= 0.3 is 0 Å². The molecule has 0 radical (unpaired) electrons. The molecular weight excluding hydrogens is 587 g/mol. The van der Waals surface area contributed by atoms with E-state index in [1.807, 2.05) is 42.7 Å². The second kappa shape index (κ2) is 10.5. The van der Waals surface area contributed by atoms with Crippen LogP contribution in [0.1, 0.15) is 0 Å². The van der Waals surface area contributed by atoms with Crippen LogP contribution in [-0.2, 0) is 0 Å². The third kappa shape index (κ3) is 3.88. The van der Waals surface area contributed by atoms with Crippen LogP contribution in [0.5, 0.6) is 0 Å². The van der Waals surface area contributed by atoms with Crippen LogP contribution in [0.2, 0.25) is 0 Å². The Kier molecular flexibility index (Phi) is 5.81. The fourth-order valence-electron chi connectivity index (χ4n) is 7.44. The van der Waals surface area contributed by atoms with Crippen LogP contribution in [-0.4, -0.2) is 19.5 Å². The first-order valence-corrected chi connectivity index (χ1v) is 16.1. The van der Waals surface area contributed by atoms with Gasteiger partial charge in [0.1, 0.15) is 0 Å². The maximum atomic E-state index is 5.11. The molecule has 5 nitrogen and oxygen atoms in total. The number of nitrogens with zero attached hydrogens (tertiary/aromatic N) is 5. The third-order valence-corrected chi connectivity index (χ3v) is 9.45. The van der Waals surface area contributed by atoms with E-state index in [1.54, 1.807) is 0 Å². The van der Waals surface area contributed by atoms with Crippen LogP contribution in [0.15, 0.2) is 164 Å². The molecule has 0 N–H and O–H groups in total. The van der Waals surface area contributed by atoms with Gasteiger partial charge in [-0.3, -0.25) is 9.55 Å². The lowest BCUT2D eigenvalue weighted by atomic mass is 9.87. The van der Waals surface area contributed by atoms with Crippen molar-refractivity contribution in [2.24, 2.45) is 0 Å². The molecule has 0 atom stereocenters. The summed E-state index contributed by atoms with van der Waals surface area (Å²) < 4.78 is 2.21. The molecule has 224 valence electrons. The number of para-hydroxylation sites is 2. The second-order valence-corrected chi connectivity index (χ2v) is 12.1. The summed E-state index contributed by atoms with van der Waals surface area (Å²) in [6, 6.07) is 53.3. The fourth-order valence-corrected chi connectivity index (χ4v) is 7.44. The average molecular weight is 614 g/mol. The zero-order chi connectivity index (χ0) is 31.6. The van der Waals surface area contributed by atoms with Crippen LogP contribution in [0, 0.1) is 0 Å². The Labute approximate surface area is 277 Å². The molecule has 6 aromatic carbocycles. The van der Waals surface area contributed by atoms with E-state index < -0.39 is 0 Å². The lowest BCUT2D eigenvalue weighted by Gasteiger charge is -2.34. The highest BCUT2D eigenvalue weighted by Gasteiger charge is 2.31. The van der Waals surface area contributed by atoms with Crippen molar-refractivity contribution in [1.82, 2.24) is 19.5 Å². The van der Waals surface area contributed by atoms with Crippen LogP contribution in [0.25, 0.3) is 72.2 Å². The largest absolute Gasteiger partial charge is 0.309 e. The molecule has 5 heteroatoms. The molecule has 1 aliphatic rings. The Morgan fingerprint density at radius 2 is 1.19 bits per heavy atom. The Morgan fingerprint density at radius 1 is 0.438 bits per heavy atom. The monoisotopic (exact) mass is 613 g/mol. The number of aromatic nitrogens is 4. The topological polar surface area (TPSA) is 46.8 Å². The number of anilines is 3. The highest BCUT2D eigenvalue weighted by Crippen LogP contribution is 2.55. The molecule has 10 rings (SSSR count). The lowest BCUT2D eigenvalue weighted by molar-refractivity contribution is 0.992. The molecule has 0 bridgehead atoms. The van der Waals surface area contributed by atoms with Gasteiger partial charge in [0.15, 0.2) is 0 Å². The lowest BCUT2D eigenvalue weighted by Crippen LogP contribution is -2.15. The summed E-state index contributed by atoms with van der Waals surface area (Å²) in [6.07, 6.45) is 3.72. The van der Waals surface area contributed by atoms with Crippen molar-refractivity contribution in [3.8, 4) is 39.6 Å². The number of benzene rings is 6. The van der Waals surface area contributed by atoms with E-state index in [2.05, 4.69) is 131 Å². The van der Waals surface area contributed by atoms with E-state index in [9.17, 15) is 0 Å². The van der Waals surface area contributed by atoms with Crippen LogP contribution < -0.4 is 4.90 Å². The van der Waals surface area contributed by atoms with Gasteiger partial charge in [-0.2, -0.15) is 0 Å². The van der Waals surface area contributed by atoms with E-state index in [4.69, 9.17) is 15.0 Å². The minimum absolute atomic E-state index is 0.645. The normalized spacial score (nSPS) is 12.1. The Balaban J connectivity index is 1.31. The maximum Gasteiger partial charge on any atom is 0.235 e. The van der Waals surface area contributed by atoms with E-state index in [0.717, 1.165) is 61.4 Å². The quantitative estimate of drug-likeness (QED) is 0.198. The molecule has 3 aromatic heterocycles. The predicted molar refractivity (Wildman–Crippen MR) is 196 cm³/mol. The van der Waals surface area contributed by atoms with E-state index >= 15 is 0 Å². The number of fused-ring (bicyclic) bond motifs is 6. The van der Waals surface area contributed by atoms with Crippen molar-refractivity contribution in [2.75, 3.05) is 4.90 Å². The highest BCUT2D eigenvalue weighted by atomic mass is 15.2. The first-order valence-electron chi connectivity index (χ1n) is 16.1. The molecule has 0 spiro atoms. The standard InChI is InChI=1S/C43H27N5/c1-3-12-28(13-4-1)35-25-27-45-43(46-35)48-37-19-8-7-16-34(37)41-39(48)24-23-33-32-22-21-30(36-18-9-10-26-44-36)31-17-11-20-38(40(31)32)47(42(33)41)29-14-5-2-6-15-29/h1-27H. The zero-order valence-electron chi connectivity index (χ0n) is 25.8. The first-order chi connectivity index (χ1) is 23.8. The van der Waals surface area contributed by atoms with Gasteiger partial charge in [-0.15, -0.1) is 0 Å². The van der Waals surface area contributed by atoms with Crippen molar-refractivity contribution in [2.45, 2.75) is 0 Å². The zero-order valence-corrected chi connectivity index (χ0v) is 25.8. The Bertz CT molecular complexity index is 2660. The minimum Gasteiger partial charge on any atom is -0.309 e. The summed E-state index contributed by atoms with van der Waals surface area (Å²) in [5.74, 6) is 0.645. The number of hydrogen-bond donors (Lipinski definition) is 0. The van der Waals surface area contributed by atoms with Gasteiger partial charge in [0, 0.05) is 50.9 Å². The highest BCUT2D eigenvalue weighted by molar-refractivity contribution is 6.25. The van der Waals surface area contributed by atoms with Crippen LogP contribution >= 0.6 is 0 Å². The van der Waals surface area contributed by atoms with Gasteiger partial charge in [0.2, 0.25) is 5.95 Å². The van der Waals surface area contributed by atoms with Crippen molar-refractivity contribution in [3.05, 3.63) is 164 Å². The summed E-state index contributed by atoms with van der Waals surface area (Å²) in [7, 11) is 0. The molecular formula is C43H27N5. The number of pyridine rings is 1. The number of rotatable bonds is 4. The van der Waals surface area contributed by atoms with Gasteiger partial charge < -0.3 is 4.90 Å². The molecule has 0 saturated heterocycles. The van der Waals surface area contributed by atoms with Crippen molar-refractivity contribution >= 4 is 49.6 Å². The minimum atomic E-state index is 0.645. The average Bonchev–Trinajstić information content (AvgIpc) is 3.51. The molecule has 1 aliphatic heterocycles. The molecule has 9 aromatic rings. The van der Waals surface area contributed by atoms with Crippen molar-refractivity contribution in [3.63, 3.8) is 0 Å². The molecule has 0 aliphatic carbocycles. The fraction of sp³-hybridized carbons (Fsp3) is 0.